The molecule has 3 heteroatoms. The Labute approximate surface area is 148 Å². The van der Waals surface area contributed by atoms with Crippen LogP contribution in [0.25, 0.3) is 11.0 Å². The molecule has 1 aromatic carbocycles. The van der Waals surface area contributed by atoms with Gasteiger partial charge in [-0.2, -0.15) is 0 Å². The Bertz CT molecular complexity index is 935. The van der Waals surface area contributed by atoms with Crippen LogP contribution in [0.2, 0.25) is 0 Å². The van der Waals surface area contributed by atoms with E-state index < -0.39 is 0 Å². The maximum absolute atomic E-state index is 12.0. The number of hydrogen-bond acceptors (Lipinski definition) is 2. The second-order valence-corrected chi connectivity index (χ2v) is 6.79. The molecule has 3 aromatic rings. The average molecular weight is 336 g/mol. The molecular formula is C22H26NO2+. The fourth-order valence-electron chi connectivity index (χ4n) is 3.46. The summed E-state index contributed by atoms with van der Waals surface area (Å²) in [6, 6.07) is 10.1. The first-order valence-electron chi connectivity index (χ1n) is 9.05. The van der Waals surface area contributed by atoms with Gasteiger partial charge in [0.2, 0.25) is 0 Å². The molecule has 0 spiro atoms. The van der Waals surface area contributed by atoms with E-state index in [0.717, 1.165) is 34.9 Å². The molecule has 25 heavy (non-hydrogen) atoms. The number of fused-ring (bicyclic) bond motifs is 1. The largest absolute Gasteiger partial charge is 0.422 e. The summed E-state index contributed by atoms with van der Waals surface area (Å²) in [6.45, 7) is 9.16. The molecule has 130 valence electrons. The van der Waals surface area contributed by atoms with Gasteiger partial charge in [0.1, 0.15) is 5.58 Å². The smallest absolute Gasteiger partial charge is 0.336 e. The summed E-state index contributed by atoms with van der Waals surface area (Å²) in [5, 5.41) is 1.01. The first-order valence-corrected chi connectivity index (χ1v) is 9.05. The molecule has 0 saturated carbocycles. The van der Waals surface area contributed by atoms with Crippen LogP contribution in [0.1, 0.15) is 54.9 Å². The highest BCUT2D eigenvalue weighted by Gasteiger charge is 2.14. The zero-order valence-electron chi connectivity index (χ0n) is 15.5. The lowest BCUT2D eigenvalue weighted by Gasteiger charge is -2.11. The molecule has 0 saturated heterocycles. The lowest BCUT2D eigenvalue weighted by atomic mass is 9.95. The Morgan fingerprint density at radius 2 is 1.72 bits per heavy atom. The summed E-state index contributed by atoms with van der Waals surface area (Å²) in [7, 11) is 0. The molecular weight excluding hydrogens is 310 g/mol. The number of pyridine rings is 1. The van der Waals surface area contributed by atoms with Gasteiger partial charge in [-0.15, -0.1) is 0 Å². The monoisotopic (exact) mass is 336 g/mol. The summed E-state index contributed by atoms with van der Waals surface area (Å²) in [4.78, 5) is 12.0. The summed E-state index contributed by atoms with van der Waals surface area (Å²) in [6.07, 6.45) is 6.53. The van der Waals surface area contributed by atoms with Gasteiger partial charge in [-0.1, -0.05) is 26.0 Å². The molecule has 0 atom stereocenters. The average Bonchev–Trinajstić information content (AvgIpc) is 2.61. The van der Waals surface area contributed by atoms with E-state index in [1.165, 1.54) is 5.56 Å². The second kappa shape index (κ2) is 7.22. The topological polar surface area (TPSA) is 34.1 Å². The molecule has 3 rings (SSSR count). The van der Waals surface area contributed by atoms with Gasteiger partial charge in [-0.05, 0) is 49.3 Å². The molecule has 0 amide bonds. The minimum atomic E-state index is -0.287. The molecule has 2 heterocycles. The third kappa shape index (κ3) is 3.51. The van der Waals surface area contributed by atoms with Crippen LogP contribution < -0.4 is 10.2 Å². The predicted molar refractivity (Wildman–Crippen MR) is 101 cm³/mol. The highest BCUT2D eigenvalue weighted by Crippen LogP contribution is 2.24. The second-order valence-electron chi connectivity index (χ2n) is 6.79. The van der Waals surface area contributed by atoms with E-state index in [1.807, 2.05) is 13.8 Å². The number of benzene rings is 1. The van der Waals surface area contributed by atoms with Crippen LogP contribution in [-0.2, 0) is 6.54 Å². The van der Waals surface area contributed by atoms with Gasteiger partial charge in [0.15, 0.2) is 18.9 Å². The number of aryl methyl sites for hydroxylation is 2. The number of hydrogen-bond donors (Lipinski definition) is 0. The van der Waals surface area contributed by atoms with E-state index in [9.17, 15) is 4.79 Å². The SMILES string of the molecule is CCC(CC)c1cc[n+](Cc2cc(=O)oc3c(C)c(C)ccc23)cc1. The highest BCUT2D eigenvalue weighted by atomic mass is 16.4. The van der Waals surface area contributed by atoms with Gasteiger partial charge in [0.25, 0.3) is 0 Å². The zero-order valence-corrected chi connectivity index (χ0v) is 15.5. The standard InChI is InChI=1S/C22H26NO2/c1-5-17(6-2)18-9-11-23(12-10-18)14-19-13-21(24)25-22-16(4)15(3)7-8-20(19)22/h7-13,17H,5-6,14H2,1-4H3/q+1. The number of rotatable bonds is 5. The quantitative estimate of drug-likeness (QED) is 0.502. The molecule has 0 radical (unpaired) electrons. The van der Waals surface area contributed by atoms with Crippen molar-refractivity contribution in [3.63, 3.8) is 0 Å². The molecule has 0 fully saturated rings. The molecule has 0 aliphatic heterocycles. The molecule has 3 nitrogen and oxygen atoms in total. The summed E-state index contributed by atoms with van der Waals surface area (Å²) >= 11 is 0. The molecule has 0 N–H and O–H groups in total. The Hall–Kier alpha value is -2.42. The van der Waals surface area contributed by atoms with Gasteiger partial charge < -0.3 is 4.42 Å². The normalized spacial score (nSPS) is 11.4. The maximum Gasteiger partial charge on any atom is 0.336 e. The minimum absolute atomic E-state index is 0.287. The van der Waals surface area contributed by atoms with E-state index in [-0.39, 0.29) is 5.63 Å². The van der Waals surface area contributed by atoms with Crippen molar-refractivity contribution in [3.8, 4) is 0 Å². The van der Waals surface area contributed by atoms with Crippen LogP contribution in [0.4, 0.5) is 0 Å². The minimum Gasteiger partial charge on any atom is -0.422 e. The molecule has 2 aromatic heterocycles. The third-order valence-electron chi connectivity index (χ3n) is 5.24. The van der Waals surface area contributed by atoms with Crippen LogP contribution in [0.5, 0.6) is 0 Å². The van der Waals surface area contributed by atoms with Gasteiger partial charge >= 0.3 is 5.63 Å². The number of nitrogens with zero attached hydrogens (tertiary/aromatic N) is 1. The van der Waals surface area contributed by atoms with Crippen LogP contribution in [0.15, 0.2) is 51.9 Å². The molecule has 0 bridgehead atoms. The first-order chi connectivity index (χ1) is 12.0. The zero-order chi connectivity index (χ0) is 18.0. The van der Waals surface area contributed by atoms with E-state index in [0.29, 0.717) is 18.0 Å². The van der Waals surface area contributed by atoms with Gasteiger partial charge in [0, 0.05) is 29.1 Å². The summed E-state index contributed by atoms with van der Waals surface area (Å²) in [5.74, 6) is 0.616. The van der Waals surface area contributed by atoms with Crippen LogP contribution >= 0.6 is 0 Å². The van der Waals surface area contributed by atoms with Crippen molar-refractivity contribution in [1.82, 2.24) is 0 Å². The van der Waals surface area contributed by atoms with Crippen molar-refractivity contribution in [2.75, 3.05) is 0 Å². The van der Waals surface area contributed by atoms with Crippen LogP contribution in [0, 0.1) is 13.8 Å². The molecule has 0 aliphatic carbocycles. The Balaban J connectivity index is 1.98. The van der Waals surface area contributed by atoms with Gasteiger partial charge in [-0.3, -0.25) is 0 Å². The van der Waals surface area contributed by atoms with E-state index in [2.05, 4.69) is 55.1 Å². The van der Waals surface area contributed by atoms with Crippen molar-refractivity contribution in [1.29, 1.82) is 0 Å². The number of aromatic nitrogens is 1. The van der Waals surface area contributed by atoms with E-state index >= 15 is 0 Å². The Kier molecular flexibility index (Phi) is 5.03. The predicted octanol–water partition coefficient (Wildman–Crippen LogP) is 4.65. The van der Waals surface area contributed by atoms with Crippen molar-refractivity contribution in [2.45, 2.75) is 53.0 Å². The highest BCUT2D eigenvalue weighted by molar-refractivity contribution is 5.83. The van der Waals surface area contributed by atoms with Crippen LogP contribution in [-0.4, -0.2) is 0 Å². The van der Waals surface area contributed by atoms with E-state index in [4.69, 9.17) is 4.42 Å². The van der Waals surface area contributed by atoms with Crippen molar-refractivity contribution < 1.29 is 8.98 Å². The third-order valence-corrected chi connectivity index (χ3v) is 5.24. The van der Waals surface area contributed by atoms with Crippen LogP contribution in [0.3, 0.4) is 0 Å². The fraction of sp³-hybridized carbons (Fsp3) is 0.364. The summed E-state index contributed by atoms with van der Waals surface area (Å²) in [5.41, 5.74) is 4.96. The maximum atomic E-state index is 12.0. The Morgan fingerprint density at radius 3 is 2.36 bits per heavy atom. The lowest BCUT2D eigenvalue weighted by Crippen LogP contribution is -2.33. The fourth-order valence-corrected chi connectivity index (χ4v) is 3.46. The van der Waals surface area contributed by atoms with Gasteiger partial charge in [-0.25, -0.2) is 9.36 Å². The summed E-state index contributed by atoms with van der Waals surface area (Å²) < 4.78 is 7.59. The van der Waals surface area contributed by atoms with E-state index in [1.54, 1.807) is 6.07 Å². The van der Waals surface area contributed by atoms with Crippen molar-refractivity contribution in [3.05, 3.63) is 75.4 Å². The van der Waals surface area contributed by atoms with Crippen molar-refractivity contribution in [2.24, 2.45) is 0 Å². The lowest BCUT2D eigenvalue weighted by molar-refractivity contribution is -0.688. The Morgan fingerprint density at radius 1 is 1.04 bits per heavy atom. The van der Waals surface area contributed by atoms with Gasteiger partial charge in [0.05, 0.1) is 0 Å². The first kappa shape index (κ1) is 17.4. The molecule has 0 aliphatic rings. The van der Waals surface area contributed by atoms with Crippen molar-refractivity contribution >= 4 is 11.0 Å². The molecule has 0 unspecified atom stereocenters.